The Morgan fingerprint density at radius 3 is 2.38 bits per heavy atom. The number of carboxylic acids is 1. The molecule has 0 unspecified atom stereocenters. The number of benzene rings is 2. The lowest BCUT2D eigenvalue weighted by Crippen LogP contribution is -2.15. The molecule has 124 valence electrons. The van der Waals surface area contributed by atoms with Crippen molar-refractivity contribution in [3.05, 3.63) is 64.7 Å². The van der Waals surface area contributed by atoms with Crippen LogP contribution in [0.1, 0.15) is 35.2 Å². The van der Waals surface area contributed by atoms with Gasteiger partial charge in [-0.1, -0.05) is 23.7 Å². The zero-order valence-electron chi connectivity index (χ0n) is 12.9. The lowest BCUT2D eigenvalue weighted by Gasteiger charge is -2.13. The summed E-state index contributed by atoms with van der Waals surface area (Å²) in [6.45, 7) is 0. The van der Waals surface area contributed by atoms with Crippen LogP contribution in [0, 0.1) is 5.92 Å². The first-order valence-electron chi connectivity index (χ1n) is 7.83. The zero-order chi connectivity index (χ0) is 17.1. The van der Waals surface area contributed by atoms with Crippen molar-refractivity contribution in [2.24, 2.45) is 5.92 Å². The van der Waals surface area contributed by atoms with E-state index in [4.69, 9.17) is 21.4 Å². The van der Waals surface area contributed by atoms with Crippen LogP contribution >= 0.6 is 11.6 Å². The predicted molar refractivity (Wildman–Crippen MR) is 90.7 cm³/mol. The molecule has 0 saturated heterocycles. The van der Waals surface area contributed by atoms with Crippen LogP contribution < -0.4 is 4.74 Å². The number of rotatable bonds is 5. The van der Waals surface area contributed by atoms with Crippen molar-refractivity contribution in [3.8, 4) is 5.75 Å². The van der Waals surface area contributed by atoms with E-state index in [1.807, 2.05) is 0 Å². The standard InChI is InChI=1S/C19H17ClO4/c20-17-4-2-1-3-16(17)18(21)12-5-8-14(9-6-12)24-15-10-7-13(11-15)19(22)23/h1-6,8-9,13,15H,7,10-11H2,(H,22,23)/t13-,15-/m0/s1. The van der Waals surface area contributed by atoms with Crippen LogP contribution in [-0.4, -0.2) is 23.0 Å². The number of carbonyl (C=O) groups excluding carboxylic acids is 1. The van der Waals surface area contributed by atoms with E-state index < -0.39 is 5.97 Å². The highest BCUT2D eigenvalue weighted by atomic mass is 35.5. The quantitative estimate of drug-likeness (QED) is 0.825. The fourth-order valence-electron chi connectivity index (χ4n) is 2.95. The summed E-state index contributed by atoms with van der Waals surface area (Å²) < 4.78 is 5.82. The Hall–Kier alpha value is -2.33. The van der Waals surface area contributed by atoms with Crippen molar-refractivity contribution in [1.29, 1.82) is 0 Å². The maximum Gasteiger partial charge on any atom is 0.306 e. The van der Waals surface area contributed by atoms with Crippen LogP contribution in [0.5, 0.6) is 5.75 Å². The number of carbonyl (C=O) groups is 2. The second kappa shape index (κ2) is 7.05. The Kier molecular flexibility index (Phi) is 4.86. The Morgan fingerprint density at radius 1 is 1.04 bits per heavy atom. The van der Waals surface area contributed by atoms with E-state index in [-0.39, 0.29) is 17.8 Å². The molecule has 2 aromatic rings. The van der Waals surface area contributed by atoms with Crippen molar-refractivity contribution in [2.75, 3.05) is 0 Å². The lowest BCUT2D eigenvalue weighted by atomic mass is 10.0. The van der Waals surface area contributed by atoms with E-state index in [1.54, 1.807) is 48.5 Å². The predicted octanol–water partition coefficient (Wildman–Crippen LogP) is 4.20. The molecule has 1 aliphatic rings. The summed E-state index contributed by atoms with van der Waals surface area (Å²) in [6, 6.07) is 13.8. The number of halogens is 1. The lowest BCUT2D eigenvalue weighted by molar-refractivity contribution is -0.141. The second-order valence-corrected chi connectivity index (χ2v) is 6.33. The van der Waals surface area contributed by atoms with Gasteiger partial charge in [-0.05, 0) is 55.7 Å². The van der Waals surface area contributed by atoms with Gasteiger partial charge in [0.1, 0.15) is 5.75 Å². The molecule has 5 heteroatoms. The molecule has 0 radical (unpaired) electrons. The maximum absolute atomic E-state index is 12.5. The third-order valence-corrected chi connectivity index (χ3v) is 4.60. The Bertz CT molecular complexity index is 754. The average Bonchev–Trinajstić information content (AvgIpc) is 3.04. The molecule has 1 N–H and O–H groups in total. The van der Waals surface area contributed by atoms with Crippen molar-refractivity contribution in [1.82, 2.24) is 0 Å². The second-order valence-electron chi connectivity index (χ2n) is 5.92. The van der Waals surface area contributed by atoms with Gasteiger partial charge in [-0.15, -0.1) is 0 Å². The van der Waals surface area contributed by atoms with Crippen LogP contribution in [0.25, 0.3) is 0 Å². The van der Waals surface area contributed by atoms with Gasteiger partial charge in [-0.2, -0.15) is 0 Å². The minimum absolute atomic E-state index is 0.0868. The molecular weight excluding hydrogens is 328 g/mol. The van der Waals surface area contributed by atoms with E-state index in [2.05, 4.69) is 0 Å². The highest BCUT2D eigenvalue weighted by Crippen LogP contribution is 2.29. The SMILES string of the molecule is O=C(c1ccc(O[C@H]2CC[C@H](C(=O)O)C2)cc1)c1ccccc1Cl. The summed E-state index contributed by atoms with van der Waals surface area (Å²) >= 11 is 6.06. The fraction of sp³-hybridized carbons (Fsp3) is 0.263. The molecule has 3 rings (SSSR count). The molecule has 4 nitrogen and oxygen atoms in total. The monoisotopic (exact) mass is 344 g/mol. The van der Waals surface area contributed by atoms with Crippen molar-refractivity contribution < 1.29 is 19.4 Å². The average molecular weight is 345 g/mol. The minimum atomic E-state index is -0.762. The molecular formula is C19H17ClO4. The van der Waals surface area contributed by atoms with Gasteiger partial charge in [0.2, 0.25) is 0 Å². The summed E-state index contributed by atoms with van der Waals surface area (Å²) in [5.41, 5.74) is 0.998. The smallest absolute Gasteiger partial charge is 0.306 e. The molecule has 0 amide bonds. The van der Waals surface area contributed by atoms with Crippen LogP contribution in [0.4, 0.5) is 0 Å². The van der Waals surface area contributed by atoms with Gasteiger partial charge >= 0.3 is 5.97 Å². The molecule has 24 heavy (non-hydrogen) atoms. The molecule has 1 saturated carbocycles. The van der Waals surface area contributed by atoms with E-state index in [1.165, 1.54) is 0 Å². The molecule has 1 fully saturated rings. The third-order valence-electron chi connectivity index (χ3n) is 4.27. The molecule has 0 bridgehead atoms. The normalized spacial score (nSPS) is 19.9. The highest BCUT2D eigenvalue weighted by molar-refractivity contribution is 6.34. The fourth-order valence-corrected chi connectivity index (χ4v) is 3.17. The molecule has 0 spiro atoms. The Morgan fingerprint density at radius 2 is 1.75 bits per heavy atom. The number of aliphatic carboxylic acids is 1. The van der Waals surface area contributed by atoms with Crippen LogP contribution in [0.15, 0.2) is 48.5 Å². The van der Waals surface area contributed by atoms with Crippen molar-refractivity contribution >= 4 is 23.4 Å². The van der Waals surface area contributed by atoms with Crippen molar-refractivity contribution in [2.45, 2.75) is 25.4 Å². The van der Waals surface area contributed by atoms with Gasteiger partial charge in [0.25, 0.3) is 0 Å². The largest absolute Gasteiger partial charge is 0.490 e. The molecule has 0 aliphatic heterocycles. The first-order chi connectivity index (χ1) is 11.5. The van der Waals surface area contributed by atoms with Gasteiger partial charge in [0.15, 0.2) is 5.78 Å². The Balaban J connectivity index is 1.67. The van der Waals surface area contributed by atoms with Crippen LogP contribution in [-0.2, 0) is 4.79 Å². The van der Waals surface area contributed by atoms with Gasteiger partial charge in [0, 0.05) is 11.1 Å². The van der Waals surface area contributed by atoms with Gasteiger partial charge in [-0.3, -0.25) is 9.59 Å². The number of hydrogen-bond acceptors (Lipinski definition) is 3. The topological polar surface area (TPSA) is 63.6 Å². The number of carboxylic acid groups (broad SMARTS) is 1. The van der Waals surface area contributed by atoms with Gasteiger partial charge < -0.3 is 9.84 Å². The Labute approximate surface area is 145 Å². The summed E-state index contributed by atoms with van der Waals surface area (Å²) in [4.78, 5) is 23.4. The van der Waals surface area contributed by atoms with Crippen LogP contribution in [0.2, 0.25) is 5.02 Å². The molecule has 2 aromatic carbocycles. The van der Waals surface area contributed by atoms with Gasteiger partial charge in [-0.25, -0.2) is 0 Å². The van der Waals surface area contributed by atoms with E-state index >= 15 is 0 Å². The van der Waals surface area contributed by atoms with E-state index in [0.29, 0.717) is 34.7 Å². The summed E-state index contributed by atoms with van der Waals surface area (Å²) in [6.07, 6.45) is 1.81. The van der Waals surface area contributed by atoms with E-state index in [9.17, 15) is 9.59 Å². The van der Waals surface area contributed by atoms with Crippen LogP contribution in [0.3, 0.4) is 0 Å². The van der Waals surface area contributed by atoms with E-state index in [0.717, 1.165) is 6.42 Å². The number of ether oxygens (including phenoxy) is 1. The molecule has 0 heterocycles. The maximum atomic E-state index is 12.5. The summed E-state index contributed by atoms with van der Waals surface area (Å²) in [5.74, 6) is -0.585. The first-order valence-corrected chi connectivity index (χ1v) is 8.21. The summed E-state index contributed by atoms with van der Waals surface area (Å²) in [7, 11) is 0. The summed E-state index contributed by atoms with van der Waals surface area (Å²) in [5, 5.41) is 9.45. The minimum Gasteiger partial charge on any atom is -0.490 e. The van der Waals surface area contributed by atoms with Gasteiger partial charge in [0.05, 0.1) is 17.0 Å². The first kappa shape index (κ1) is 16.5. The molecule has 1 aliphatic carbocycles. The zero-order valence-corrected chi connectivity index (χ0v) is 13.7. The third kappa shape index (κ3) is 3.60. The molecule has 2 atom stereocenters. The number of hydrogen-bond donors (Lipinski definition) is 1. The van der Waals surface area contributed by atoms with Crippen molar-refractivity contribution in [3.63, 3.8) is 0 Å². The highest BCUT2D eigenvalue weighted by Gasteiger charge is 2.30. The number of ketones is 1. The molecule has 0 aromatic heterocycles.